The van der Waals surface area contributed by atoms with Gasteiger partial charge < -0.3 is 9.80 Å². The van der Waals surface area contributed by atoms with Crippen molar-refractivity contribution in [3.63, 3.8) is 0 Å². The molecule has 0 aromatic carbocycles. The highest BCUT2D eigenvalue weighted by atomic mass is 35.5. The van der Waals surface area contributed by atoms with Gasteiger partial charge in [-0.2, -0.15) is 0 Å². The number of halogens is 1. The summed E-state index contributed by atoms with van der Waals surface area (Å²) in [5, 5.41) is 0.336. The van der Waals surface area contributed by atoms with Crippen molar-refractivity contribution in [3.8, 4) is 0 Å². The molecule has 5 nitrogen and oxygen atoms in total. The summed E-state index contributed by atoms with van der Waals surface area (Å²) in [6, 6.07) is 0. The standard InChI is InChI=1S/C11H15ClN4O/c1-15(10-7-13-6-9(12)14-10)8-11(17)16-4-2-3-5-16/h6-7H,2-5,8H2,1H3. The summed E-state index contributed by atoms with van der Waals surface area (Å²) in [5.74, 6) is 0.747. The molecule has 1 amide bonds. The molecule has 1 aliphatic heterocycles. The van der Waals surface area contributed by atoms with Crippen LogP contribution in [0.25, 0.3) is 0 Å². The average molecular weight is 255 g/mol. The lowest BCUT2D eigenvalue weighted by molar-refractivity contribution is -0.128. The Morgan fingerprint density at radius 2 is 2.18 bits per heavy atom. The summed E-state index contributed by atoms with van der Waals surface area (Å²) >= 11 is 5.76. The Hall–Kier alpha value is -1.36. The van der Waals surface area contributed by atoms with Crippen LogP contribution in [0.5, 0.6) is 0 Å². The van der Waals surface area contributed by atoms with E-state index < -0.39 is 0 Å². The second kappa shape index (κ2) is 5.31. The Labute approximate surface area is 105 Å². The van der Waals surface area contributed by atoms with Crippen LogP contribution in [-0.2, 0) is 4.79 Å². The second-order valence-electron chi connectivity index (χ2n) is 4.14. The number of hydrogen-bond acceptors (Lipinski definition) is 4. The Morgan fingerprint density at radius 3 is 2.82 bits per heavy atom. The van der Waals surface area contributed by atoms with E-state index in [1.54, 1.807) is 11.1 Å². The molecule has 0 spiro atoms. The SMILES string of the molecule is CN(CC(=O)N1CCCC1)c1cncc(Cl)n1. The van der Waals surface area contributed by atoms with Gasteiger partial charge in [0.2, 0.25) is 5.91 Å². The first-order valence-corrected chi connectivity index (χ1v) is 6.01. The van der Waals surface area contributed by atoms with Crippen LogP contribution in [0, 0.1) is 0 Å². The molecule has 6 heteroatoms. The minimum atomic E-state index is 0.131. The zero-order valence-electron chi connectivity index (χ0n) is 9.77. The smallest absolute Gasteiger partial charge is 0.242 e. The maximum atomic E-state index is 11.9. The van der Waals surface area contributed by atoms with E-state index in [0.29, 0.717) is 17.5 Å². The van der Waals surface area contributed by atoms with Gasteiger partial charge in [-0.1, -0.05) is 11.6 Å². The first-order valence-electron chi connectivity index (χ1n) is 5.63. The lowest BCUT2D eigenvalue weighted by atomic mass is 10.4. The number of aromatic nitrogens is 2. The molecule has 0 unspecified atom stereocenters. The lowest BCUT2D eigenvalue weighted by Crippen LogP contribution is -2.37. The monoisotopic (exact) mass is 254 g/mol. The molecular weight excluding hydrogens is 240 g/mol. The van der Waals surface area contributed by atoms with Crippen LogP contribution >= 0.6 is 11.6 Å². The topological polar surface area (TPSA) is 49.3 Å². The van der Waals surface area contributed by atoms with Gasteiger partial charge in [0.05, 0.1) is 18.9 Å². The third-order valence-corrected chi connectivity index (χ3v) is 3.00. The molecule has 92 valence electrons. The summed E-state index contributed by atoms with van der Waals surface area (Å²) in [6.07, 6.45) is 5.28. The molecule has 1 aliphatic rings. The maximum Gasteiger partial charge on any atom is 0.242 e. The maximum absolute atomic E-state index is 11.9. The number of likely N-dealkylation sites (N-methyl/N-ethyl adjacent to an activating group) is 1. The normalized spacial score (nSPS) is 15.1. The van der Waals surface area contributed by atoms with Gasteiger partial charge in [-0.3, -0.25) is 9.78 Å². The highest BCUT2D eigenvalue weighted by Crippen LogP contribution is 2.12. The molecule has 0 bridgehead atoms. The van der Waals surface area contributed by atoms with Crippen molar-refractivity contribution < 1.29 is 4.79 Å². The van der Waals surface area contributed by atoms with Crippen molar-refractivity contribution >= 4 is 23.3 Å². The number of carbonyl (C=O) groups is 1. The van der Waals surface area contributed by atoms with Crippen LogP contribution in [0.4, 0.5) is 5.82 Å². The van der Waals surface area contributed by atoms with Gasteiger partial charge in [0.15, 0.2) is 0 Å². The second-order valence-corrected chi connectivity index (χ2v) is 4.53. The first kappa shape index (κ1) is 12.1. The van der Waals surface area contributed by atoms with Crippen LogP contribution in [0.15, 0.2) is 12.4 Å². The van der Waals surface area contributed by atoms with Gasteiger partial charge >= 0.3 is 0 Å². The molecule has 1 aromatic rings. The predicted octanol–water partition coefficient (Wildman–Crippen LogP) is 1.19. The Morgan fingerprint density at radius 1 is 1.47 bits per heavy atom. The molecular formula is C11H15ClN4O. The largest absolute Gasteiger partial charge is 0.349 e. The van der Waals surface area contributed by atoms with Gasteiger partial charge in [-0.15, -0.1) is 0 Å². The van der Waals surface area contributed by atoms with Crippen molar-refractivity contribution in [2.75, 3.05) is 31.6 Å². The van der Waals surface area contributed by atoms with Gasteiger partial charge in [0.1, 0.15) is 11.0 Å². The van der Waals surface area contributed by atoms with E-state index in [1.165, 1.54) is 6.20 Å². The molecule has 1 aromatic heterocycles. The van der Waals surface area contributed by atoms with Crippen LogP contribution < -0.4 is 4.90 Å². The quantitative estimate of drug-likeness (QED) is 0.813. The Balaban J connectivity index is 1.96. The van der Waals surface area contributed by atoms with Crippen molar-refractivity contribution in [1.82, 2.24) is 14.9 Å². The zero-order valence-corrected chi connectivity index (χ0v) is 10.5. The summed E-state index contributed by atoms with van der Waals surface area (Å²) in [7, 11) is 1.81. The molecule has 0 N–H and O–H groups in total. The average Bonchev–Trinajstić information content (AvgIpc) is 2.82. The molecule has 2 rings (SSSR count). The number of hydrogen-bond donors (Lipinski definition) is 0. The number of nitrogens with zero attached hydrogens (tertiary/aromatic N) is 4. The van der Waals surface area contributed by atoms with E-state index in [9.17, 15) is 4.79 Å². The van der Waals surface area contributed by atoms with Crippen molar-refractivity contribution in [3.05, 3.63) is 17.5 Å². The van der Waals surface area contributed by atoms with Gasteiger partial charge in [-0.05, 0) is 12.8 Å². The molecule has 2 heterocycles. The minimum absolute atomic E-state index is 0.131. The number of anilines is 1. The molecule has 0 saturated carbocycles. The molecule has 0 radical (unpaired) electrons. The third-order valence-electron chi connectivity index (χ3n) is 2.81. The van der Waals surface area contributed by atoms with E-state index in [4.69, 9.17) is 11.6 Å². The molecule has 1 fully saturated rings. The number of rotatable bonds is 3. The van der Waals surface area contributed by atoms with E-state index in [-0.39, 0.29) is 5.91 Å². The lowest BCUT2D eigenvalue weighted by Gasteiger charge is -2.21. The molecule has 0 aliphatic carbocycles. The third kappa shape index (κ3) is 3.06. The molecule has 1 saturated heterocycles. The van der Waals surface area contributed by atoms with Crippen LogP contribution in [0.1, 0.15) is 12.8 Å². The number of amides is 1. The fourth-order valence-corrected chi connectivity index (χ4v) is 2.01. The first-order chi connectivity index (χ1) is 8.16. The van der Waals surface area contributed by atoms with E-state index >= 15 is 0 Å². The summed E-state index contributed by atoms with van der Waals surface area (Å²) in [4.78, 5) is 23.6. The highest BCUT2D eigenvalue weighted by molar-refractivity contribution is 6.29. The fraction of sp³-hybridized carbons (Fsp3) is 0.545. The van der Waals surface area contributed by atoms with Crippen LogP contribution in [0.3, 0.4) is 0 Å². The molecule has 0 atom stereocenters. The Kier molecular flexibility index (Phi) is 3.78. The van der Waals surface area contributed by atoms with Gasteiger partial charge in [-0.25, -0.2) is 4.98 Å². The Bertz CT molecular complexity index is 406. The summed E-state index contributed by atoms with van der Waals surface area (Å²) < 4.78 is 0. The summed E-state index contributed by atoms with van der Waals surface area (Å²) in [5.41, 5.74) is 0. The van der Waals surface area contributed by atoms with Crippen molar-refractivity contribution in [2.45, 2.75) is 12.8 Å². The van der Waals surface area contributed by atoms with Crippen LogP contribution in [0.2, 0.25) is 5.15 Å². The highest BCUT2D eigenvalue weighted by Gasteiger charge is 2.19. The summed E-state index contributed by atoms with van der Waals surface area (Å²) in [6.45, 7) is 2.05. The van der Waals surface area contributed by atoms with Crippen molar-refractivity contribution in [1.29, 1.82) is 0 Å². The van der Waals surface area contributed by atoms with Gasteiger partial charge in [0.25, 0.3) is 0 Å². The van der Waals surface area contributed by atoms with Crippen LogP contribution in [-0.4, -0.2) is 47.5 Å². The number of likely N-dealkylation sites (tertiary alicyclic amines) is 1. The predicted molar refractivity (Wildman–Crippen MR) is 66.1 cm³/mol. The molecule has 17 heavy (non-hydrogen) atoms. The van der Waals surface area contributed by atoms with E-state index in [0.717, 1.165) is 25.9 Å². The minimum Gasteiger partial charge on any atom is -0.349 e. The van der Waals surface area contributed by atoms with E-state index in [1.807, 2.05) is 11.9 Å². The zero-order chi connectivity index (χ0) is 12.3. The van der Waals surface area contributed by atoms with Crippen molar-refractivity contribution in [2.24, 2.45) is 0 Å². The van der Waals surface area contributed by atoms with E-state index in [2.05, 4.69) is 9.97 Å². The van der Waals surface area contributed by atoms with Gasteiger partial charge in [0, 0.05) is 20.1 Å². The fourth-order valence-electron chi connectivity index (χ4n) is 1.87. The number of carbonyl (C=O) groups excluding carboxylic acids is 1.